The zero-order valence-electron chi connectivity index (χ0n) is 8.59. The van der Waals surface area contributed by atoms with E-state index in [9.17, 15) is 4.39 Å². The van der Waals surface area contributed by atoms with Crippen molar-refractivity contribution in [2.75, 3.05) is 0 Å². The van der Waals surface area contributed by atoms with E-state index in [1.54, 1.807) is 6.07 Å². The molecule has 0 spiro atoms. The van der Waals surface area contributed by atoms with Crippen LogP contribution < -0.4 is 0 Å². The fourth-order valence-electron chi connectivity index (χ4n) is 1.70. The Bertz CT molecular complexity index is 483. The Labute approximate surface area is 93.1 Å². The van der Waals surface area contributed by atoms with E-state index in [1.807, 2.05) is 36.6 Å². The summed E-state index contributed by atoms with van der Waals surface area (Å²) in [5, 5.41) is 0.154. The summed E-state index contributed by atoms with van der Waals surface area (Å²) in [7, 11) is 0. The van der Waals surface area contributed by atoms with Crippen molar-refractivity contribution in [2.24, 2.45) is 0 Å². The van der Waals surface area contributed by atoms with E-state index in [-0.39, 0.29) is 10.8 Å². The van der Waals surface area contributed by atoms with Crippen molar-refractivity contribution in [2.45, 2.75) is 13.8 Å². The van der Waals surface area contributed by atoms with Crippen LogP contribution in [0.1, 0.15) is 11.4 Å². The quantitative estimate of drug-likeness (QED) is 0.691. The third-order valence-corrected chi connectivity index (χ3v) is 2.74. The third-order valence-electron chi connectivity index (χ3n) is 2.43. The van der Waals surface area contributed by atoms with Gasteiger partial charge >= 0.3 is 0 Å². The first-order valence-corrected chi connectivity index (χ1v) is 5.08. The molecule has 0 unspecified atom stereocenters. The molecule has 1 heterocycles. The van der Waals surface area contributed by atoms with E-state index in [2.05, 4.69) is 0 Å². The Hall–Kier alpha value is -1.28. The van der Waals surface area contributed by atoms with E-state index in [4.69, 9.17) is 11.6 Å². The molecule has 0 saturated carbocycles. The van der Waals surface area contributed by atoms with E-state index in [0.717, 1.165) is 17.1 Å². The zero-order chi connectivity index (χ0) is 11.0. The van der Waals surface area contributed by atoms with E-state index in [1.165, 1.54) is 6.07 Å². The SMILES string of the molecule is Cc1ccc(C)n1-c1ccc(Cl)c(F)c1. The molecule has 2 rings (SSSR count). The molecule has 0 radical (unpaired) electrons. The average molecular weight is 224 g/mol. The van der Waals surface area contributed by atoms with Crippen molar-refractivity contribution in [3.05, 3.63) is 52.6 Å². The summed E-state index contributed by atoms with van der Waals surface area (Å²) < 4.78 is 15.3. The van der Waals surface area contributed by atoms with Crippen molar-refractivity contribution in [3.8, 4) is 5.69 Å². The highest BCUT2D eigenvalue weighted by molar-refractivity contribution is 6.30. The predicted octanol–water partition coefficient (Wildman–Crippen LogP) is 3.89. The van der Waals surface area contributed by atoms with Gasteiger partial charge in [0.15, 0.2) is 0 Å². The lowest BCUT2D eigenvalue weighted by atomic mass is 10.3. The van der Waals surface area contributed by atoms with Gasteiger partial charge < -0.3 is 4.57 Å². The highest BCUT2D eigenvalue weighted by Crippen LogP contribution is 2.21. The Kier molecular flexibility index (Phi) is 2.53. The minimum Gasteiger partial charge on any atom is -0.318 e. The maximum atomic E-state index is 13.3. The summed E-state index contributed by atoms with van der Waals surface area (Å²) in [6.07, 6.45) is 0. The van der Waals surface area contributed by atoms with Gasteiger partial charge in [-0.2, -0.15) is 0 Å². The van der Waals surface area contributed by atoms with Gasteiger partial charge in [-0.3, -0.25) is 0 Å². The van der Waals surface area contributed by atoms with Crippen LogP contribution >= 0.6 is 11.6 Å². The molecule has 0 fully saturated rings. The monoisotopic (exact) mass is 223 g/mol. The molecule has 1 aromatic heterocycles. The van der Waals surface area contributed by atoms with Gasteiger partial charge in [0.1, 0.15) is 5.82 Å². The molecule has 0 atom stereocenters. The first-order chi connectivity index (χ1) is 7.09. The van der Waals surface area contributed by atoms with Crippen LogP contribution in [0.5, 0.6) is 0 Å². The fraction of sp³-hybridized carbons (Fsp3) is 0.167. The summed E-state index contributed by atoms with van der Waals surface area (Å²) in [6.45, 7) is 3.97. The van der Waals surface area contributed by atoms with Crippen LogP contribution in [0.3, 0.4) is 0 Å². The number of benzene rings is 1. The van der Waals surface area contributed by atoms with Gasteiger partial charge in [0.25, 0.3) is 0 Å². The largest absolute Gasteiger partial charge is 0.318 e. The maximum absolute atomic E-state index is 13.3. The molecule has 0 aliphatic rings. The summed E-state index contributed by atoms with van der Waals surface area (Å²) in [5.74, 6) is -0.387. The number of nitrogens with zero attached hydrogens (tertiary/aromatic N) is 1. The molecule has 15 heavy (non-hydrogen) atoms. The smallest absolute Gasteiger partial charge is 0.143 e. The van der Waals surface area contributed by atoms with Gasteiger partial charge in [-0.1, -0.05) is 11.6 Å². The van der Waals surface area contributed by atoms with E-state index in [0.29, 0.717) is 0 Å². The predicted molar refractivity (Wildman–Crippen MR) is 60.2 cm³/mol. The topological polar surface area (TPSA) is 4.93 Å². The van der Waals surface area contributed by atoms with Crippen molar-refractivity contribution in [1.82, 2.24) is 4.57 Å². The second-order valence-corrected chi connectivity index (χ2v) is 3.96. The first kappa shape index (κ1) is 10.2. The Morgan fingerprint density at radius 3 is 2.20 bits per heavy atom. The molecule has 0 aliphatic carbocycles. The van der Waals surface area contributed by atoms with Crippen molar-refractivity contribution >= 4 is 11.6 Å². The summed E-state index contributed by atoms with van der Waals surface area (Å²) in [4.78, 5) is 0. The number of rotatable bonds is 1. The van der Waals surface area contributed by atoms with Crippen LogP contribution in [0.4, 0.5) is 4.39 Å². The normalized spacial score (nSPS) is 10.7. The Morgan fingerprint density at radius 1 is 1.07 bits per heavy atom. The lowest BCUT2D eigenvalue weighted by Crippen LogP contribution is -1.99. The van der Waals surface area contributed by atoms with Gasteiger partial charge in [0.2, 0.25) is 0 Å². The maximum Gasteiger partial charge on any atom is 0.143 e. The van der Waals surface area contributed by atoms with Crippen LogP contribution in [0.15, 0.2) is 30.3 Å². The number of aryl methyl sites for hydroxylation is 2. The van der Waals surface area contributed by atoms with Gasteiger partial charge in [-0.25, -0.2) is 4.39 Å². The van der Waals surface area contributed by atoms with E-state index < -0.39 is 0 Å². The lowest BCUT2D eigenvalue weighted by molar-refractivity contribution is 0.626. The van der Waals surface area contributed by atoms with Crippen LogP contribution in [-0.4, -0.2) is 4.57 Å². The fourth-order valence-corrected chi connectivity index (χ4v) is 1.82. The third kappa shape index (κ3) is 1.77. The standard InChI is InChI=1S/C12H11ClFN/c1-8-3-4-9(2)15(8)10-5-6-11(13)12(14)7-10/h3-7H,1-2H3. The second kappa shape index (κ2) is 3.70. The van der Waals surface area contributed by atoms with E-state index >= 15 is 0 Å². The van der Waals surface area contributed by atoms with Gasteiger partial charge in [0.05, 0.1) is 5.02 Å². The van der Waals surface area contributed by atoms with Crippen LogP contribution in [0, 0.1) is 19.7 Å². The molecule has 0 bridgehead atoms. The van der Waals surface area contributed by atoms with Crippen molar-refractivity contribution in [3.63, 3.8) is 0 Å². The summed E-state index contributed by atoms with van der Waals surface area (Å²) >= 11 is 5.64. The minimum absolute atomic E-state index is 0.154. The molecule has 1 aromatic carbocycles. The highest BCUT2D eigenvalue weighted by atomic mass is 35.5. The molecule has 0 N–H and O–H groups in total. The Balaban J connectivity index is 2.59. The molecule has 1 nitrogen and oxygen atoms in total. The van der Waals surface area contributed by atoms with Crippen LogP contribution in [0.2, 0.25) is 5.02 Å². The lowest BCUT2D eigenvalue weighted by Gasteiger charge is -2.09. The number of hydrogen-bond donors (Lipinski definition) is 0. The number of halogens is 2. The van der Waals surface area contributed by atoms with Crippen molar-refractivity contribution < 1.29 is 4.39 Å². The van der Waals surface area contributed by atoms with Crippen molar-refractivity contribution in [1.29, 1.82) is 0 Å². The molecular formula is C12H11ClFN. The minimum atomic E-state index is -0.387. The highest BCUT2D eigenvalue weighted by Gasteiger charge is 2.06. The van der Waals surface area contributed by atoms with Gasteiger partial charge in [-0.15, -0.1) is 0 Å². The summed E-state index contributed by atoms with van der Waals surface area (Å²) in [6, 6.07) is 8.84. The molecule has 0 aliphatic heterocycles. The number of aromatic nitrogens is 1. The second-order valence-electron chi connectivity index (χ2n) is 3.55. The average Bonchev–Trinajstić information content (AvgIpc) is 2.52. The van der Waals surface area contributed by atoms with Crippen LogP contribution in [0.25, 0.3) is 5.69 Å². The molecule has 0 saturated heterocycles. The molecule has 0 amide bonds. The zero-order valence-corrected chi connectivity index (χ0v) is 9.35. The Morgan fingerprint density at radius 2 is 1.67 bits per heavy atom. The summed E-state index contributed by atoms with van der Waals surface area (Å²) in [5.41, 5.74) is 2.96. The van der Waals surface area contributed by atoms with Gasteiger partial charge in [0, 0.05) is 17.1 Å². The number of hydrogen-bond acceptors (Lipinski definition) is 0. The molecule has 78 valence electrons. The molecule has 2 aromatic rings. The van der Waals surface area contributed by atoms with Gasteiger partial charge in [-0.05, 0) is 44.2 Å². The van der Waals surface area contributed by atoms with Crippen LogP contribution in [-0.2, 0) is 0 Å². The molecule has 3 heteroatoms. The first-order valence-electron chi connectivity index (χ1n) is 4.70. The molecular weight excluding hydrogens is 213 g/mol.